The third-order valence-corrected chi connectivity index (χ3v) is 5.17. The summed E-state index contributed by atoms with van der Waals surface area (Å²) in [4.78, 5) is 15.0. The van der Waals surface area contributed by atoms with Crippen LogP contribution in [0.4, 0.5) is 10.7 Å². The Labute approximate surface area is 115 Å². The normalized spacial score (nSPS) is 20.2. The van der Waals surface area contributed by atoms with Gasteiger partial charge in [0.1, 0.15) is 9.88 Å². The van der Waals surface area contributed by atoms with Gasteiger partial charge in [-0.15, -0.1) is 23.1 Å². The number of rotatable bonds is 4. The highest BCUT2D eigenvalue weighted by Crippen LogP contribution is 2.42. The molecule has 1 aliphatic heterocycles. The van der Waals surface area contributed by atoms with Gasteiger partial charge in [-0.05, 0) is 26.3 Å². The van der Waals surface area contributed by atoms with Crippen LogP contribution in [-0.4, -0.2) is 43.2 Å². The van der Waals surface area contributed by atoms with Crippen LogP contribution < -0.4 is 16.8 Å². The number of thioether (sulfide) groups is 1. The van der Waals surface area contributed by atoms with Crippen molar-refractivity contribution in [3.63, 3.8) is 0 Å². The summed E-state index contributed by atoms with van der Waals surface area (Å²) in [6, 6.07) is 0.416. The third-order valence-electron chi connectivity index (χ3n) is 3.05. The summed E-state index contributed by atoms with van der Waals surface area (Å²) in [6.07, 6.45) is 3.06. The van der Waals surface area contributed by atoms with Crippen LogP contribution in [0.3, 0.4) is 0 Å². The molecule has 0 spiro atoms. The first-order chi connectivity index (χ1) is 8.52. The summed E-state index contributed by atoms with van der Waals surface area (Å²) in [5.41, 5.74) is 11.8. The van der Waals surface area contributed by atoms with E-state index in [-0.39, 0.29) is 0 Å². The molecule has 1 unspecified atom stereocenters. The van der Waals surface area contributed by atoms with Crippen LogP contribution in [0.5, 0.6) is 0 Å². The lowest BCUT2D eigenvalue weighted by molar-refractivity contribution is 0.100. The number of carbonyl (C=O) groups excluding carboxylic acids is 1. The Morgan fingerprint density at radius 1 is 1.61 bits per heavy atom. The van der Waals surface area contributed by atoms with E-state index in [2.05, 4.69) is 17.3 Å². The van der Waals surface area contributed by atoms with E-state index < -0.39 is 5.91 Å². The zero-order chi connectivity index (χ0) is 13.3. The number of thiophene rings is 1. The van der Waals surface area contributed by atoms with Gasteiger partial charge >= 0.3 is 0 Å². The maximum Gasteiger partial charge on any atom is 0.261 e. The topological polar surface area (TPSA) is 84.4 Å². The standard InChI is InChI=1S/C11H18N4OS2/c1-15-4-3-6(5-15)14-11-9(17-2)7(12)8(18-11)10(13)16/h6,14H,3-5,12H2,1-2H3,(H2,13,16). The molecule has 0 saturated carbocycles. The van der Waals surface area contributed by atoms with Gasteiger partial charge < -0.3 is 21.7 Å². The summed E-state index contributed by atoms with van der Waals surface area (Å²) in [5, 5.41) is 4.44. The SMILES string of the molecule is CSc1c(NC2CCN(C)C2)sc(C(N)=O)c1N. The fourth-order valence-corrected chi connectivity index (χ4v) is 4.10. The Balaban J connectivity index is 2.21. The minimum absolute atomic E-state index is 0.416. The Hall–Kier alpha value is -0.920. The van der Waals surface area contributed by atoms with Gasteiger partial charge in [0.2, 0.25) is 0 Å². The third kappa shape index (κ3) is 2.57. The summed E-state index contributed by atoms with van der Waals surface area (Å²) in [6.45, 7) is 2.10. The van der Waals surface area contributed by atoms with Gasteiger partial charge in [-0.1, -0.05) is 0 Å². The molecule has 2 rings (SSSR count). The van der Waals surface area contributed by atoms with E-state index in [1.807, 2.05) is 6.26 Å². The van der Waals surface area contributed by atoms with Gasteiger partial charge in [0.25, 0.3) is 5.91 Å². The highest BCUT2D eigenvalue weighted by Gasteiger charge is 2.24. The molecule has 1 aliphatic rings. The van der Waals surface area contributed by atoms with Crippen molar-refractivity contribution in [2.24, 2.45) is 5.73 Å². The zero-order valence-electron chi connectivity index (χ0n) is 10.5. The number of carbonyl (C=O) groups is 1. The van der Waals surface area contributed by atoms with Crippen LogP contribution in [0.2, 0.25) is 0 Å². The number of nitrogens with two attached hydrogens (primary N) is 2. The van der Waals surface area contributed by atoms with Gasteiger partial charge in [0.15, 0.2) is 0 Å². The van der Waals surface area contributed by atoms with Crippen LogP contribution in [0.25, 0.3) is 0 Å². The highest BCUT2D eigenvalue weighted by molar-refractivity contribution is 7.99. The molecule has 0 radical (unpaired) electrons. The molecule has 1 aromatic rings. The number of nitrogens with one attached hydrogen (secondary N) is 1. The second kappa shape index (κ2) is 5.38. The largest absolute Gasteiger partial charge is 0.396 e. The second-order valence-corrected chi connectivity index (χ2v) is 6.30. The van der Waals surface area contributed by atoms with E-state index in [1.54, 1.807) is 11.8 Å². The fraction of sp³-hybridized carbons (Fsp3) is 0.545. The van der Waals surface area contributed by atoms with E-state index in [4.69, 9.17) is 11.5 Å². The van der Waals surface area contributed by atoms with Crippen molar-refractivity contribution in [2.75, 3.05) is 37.4 Å². The maximum atomic E-state index is 11.3. The lowest BCUT2D eigenvalue weighted by Crippen LogP contribution is -2.23. The first-order valence-electron chi connectivity index (χ1n) is 5.74. The van der Waals surface area contributed by atoms with Gasteiger partial charge in [0, 0.05) is 12.6 Å². The average Bonchev–Trinajstić information content (AvgIpc) is 2.84. The molecule has 0 aliphatic carbocycles. The Kier molecular flexibility index (Phi) is 4.04. The Bertz CT molecular complexity index is 460. The van der Waals surface area contributed by atoms with Crippen molar-refractivity contribution in [1.82, 2.24) is 4.90 Å². The van der Waals surface area contributed by atoms with E-state index in [9.17, 15) is 4.79 Å². The van der Waals surface area contributed by atoms with Crippen LogP contribution in [0.1, 0.15) is 16.1 Å². The van der Waals surface area contributed by atoms with Crippen molar-refractivity contribution >= 4 is 39.7 Å². The number of anilines is 2. The van der Waals surface area contributed by atoms with Crippen molar-refractivity contribution < 1.29 is 4.79 Å². The molecule has 5 nitrogen and oxygen atoms in total. The number of amides is 1. The first kappa shape index (κ1) is 13.5. The summed E-state index contributed by atoms with van der Waals surface area (Å²) >= 11 is 2.90. The predicted octanol–water partition coefficient (Wildman–Crippen LogP) is 1.27. The Morgan fingerprint density at radius 2 is 2.33 bits per heavy atom. The van der Waals surface area contributed by atoms with Crippen molar-refractivity contribution in [3.05, 3.63) is 4.88 Å². The molecule has 5 N–H and O–H groups in total. The molecule has 0 aromatic carbocycles. The number of nitrogens with zero attached hydrogens (tertiary/aromatic N) is 1. The monoisotopic (exact) mass is 286 g/mol. The molecule has 1 saturated heterocycles. The van der Waals surface area contributed by atoms with Crippen molar-refractivity contribution in [2.45, 2.75) is 17.4 Å². The second-order valence-electron chi connectivity index (χ2n) is 4.46. The number of likely N-dealkylation sites (N-methyl/N-ethyl adjacent to an activating group) is 1. The number of nitrogen functional groups attached to an aromatic ring is 1. The highest BCUT2D eigenvalue weighted by atomic mass is 32.2. The molecule has 0 bridgehead atoms. The zero-order valence-corrected chi connectivity index (χ0v) is 12.2. The number of likely N-dealkylation sites (tertiary alicyclic amines) is 1. The van der Waals surface area contributed by atoms with E-state index in [0.717, 1.165) is 29.4 Å². The van der Waals surface area contributed by atoms with Crippen LogP contribution in [0, 0.1) is 0 Å². The van der Waals surface area contributed by atoms with E-state index in [0.29, 0.717) is 16.6 Å². The molecule has 1 atom stereocenters. The van der Waals surface area contributed by atoms with Gasteiger partial charge in [-0.3, -0.25) is 4.79 Å². The molecule has 100 valence electrons. The molecule has 7 heteroatoms. The smallest absolute Gasteiger partial charge is 0.261 e. The molecule has 1 amide bonds. The summed E-state index contributed by atoms with van der Waals surface area (Å²) < 4.78 is 0. The number of hydrogen-bond acceptors (Lipinski definition) is 6. The fourth-order valence-electron chi connectivity index (χ4n) is 2.15. The molecular formula is C11H18N4OS2. The van der Waals surface area contributed by atoms with Gasteiger partial charge in [0.05, 0.1) is 10.6 Å². The quantitative estimate of drug-likeness (QED) is 0.726. The minimum atomic E-state index is -0.454. The lowest BCUT2D eigenvalue weighted by Gasteiger charge is -2.13. The van der Waals surface area contributed by atoms with Crippen LogP contribution in [0.15, 0.2) is 4.90 Å². The Morgan fingerprint density at radius 3 is 2.83 bits per heavy atom. The van der Waals surface area contributed by atoms with Crippen LogP contribution in [-0.2, 0) is 0 Å². The molecule has 2 heterocycles. The van der Waals surface area contributed by atoms with Crippen molar-refractivity contribution in [1.29, 1.82) is 0 Å². The van der Waals surface area contributed by atoms with Gasteiger partial charge in [-0.2, -0.15) is 0 Å². The first-order valence-corrected chi connectivity index (χ1v) is 7.78. The van der Waals surface area contributed by atoms with Crippen molar-refractivity contribution in [3.8, 4) is 0 Å². The molecule has 1 aromatic heterocycles. The summed E-state index contributed by atoms with van der Waals surface area (Å²) in [5.74, 6) is -0.454. The lowest BCUT2D eigenvalue weighted by atomic mass is 10.2. The molecule has 1 fully saturated rings. The minimum Gasteiger partial charge on any atom is -0.396 e. The average molecular weight is 286 g/mol. The van der Waals surface area contributed by atoms with Gasteiger partial charge in [-0.25, -0.2) is 0 Å². The number of hydrogen-bond donors (Lipinski definition) is 3. The molecule has 18 heavy (non-hydrogen) atoms. The van der Waals surface area contributed by atoms with E-state index in [1.165, 1.54) is 11.3 Å². The summed E-state index contributed by atoms with van der Waals surface area (Å²) in [7, 11) is 2.11. The number of primary amides is 1. The van der Waals surface area contributed by atoms with Crippen LogP contribution >= 0.6 is 23.1 Å². The molecular weight excluding hydrogens is 268 g/mol. The predicted molar refractivity (Wildman–Crippen MR) is 78.6 cm³/mol. The van der Waals surface area contributed by atoms with E-state index >= 15 is 0 Å². The maximum absolute atomic E-state index is 11.3.